The molecular weight excluding hydrogens is 705 g/mol. The summed E-state index contributed by atoms with van der Waals surface area (Å²) < 4.78 is 5.00. The second kappa shape index (κ2) is 12.4. The van der Waals surface area contributed by atoms with Crippen molar-refractivity contribution < 1.29 is 0 Å². The quantitative estimate of drug-likeness (QED) is 0.156. The van der Waals surface area contributed by atoms with Gasteiger partial charge in [0.2, 0.25) is 0 Å². The molecule has 3 heterocycles. The molecule has 0 amide bonds. The topological polar surface area (TPSA) is 9.86 Å². The molecule has 0 aliphatic carbocycles. The largest absolute Gasteiger partial charge is 0.309 e. The normalized spacial score (nSPS) is 13.1. The molecule has 3 heteroatoms. The molecule has 0 unspecified atom stereocenters. The summed E-state index contributed by atoms with van der Waals surface area (Å²) in [6.07, 6.45) is 0. The third-order valence-corrected chi connectivity index (χ3v) is 17.3. The van der Waals surface area contributed by atoms with Crippen molar-refractivity contribution in [2.45, 2.75) is 0 Å². The van der Waals surface area contributed by atoms with Crippen LogP contribution in [0, 0.1) is 0 Å². The lowest BCUT2D eigenvalue weighted by atomic mass is 10.1. The van der Waals surface area contributed by atoms with Crippen LogP contribution >= 0.6 is 0 Å². The zero-order valence-corrected chi connectivity index (χ0v) is 32.2. The van der Waals surface area contributed by atoms with Crippen LogP contribution in [-0.2, 0) is 0 Å². The van der Waals surface area contributed by atoms with Crippen molar-refractivity contribution in [3.05, 3.63) is 218 Å². The number of nitrogens with zero attached hydrogens (tertiary/aromatic N) is 2. The van der Waals surface area contributed by atoms with Gasteiger partial charge >= 0.3 is 0 Å². The molecule has 1 aliphatic rings. The number of hydrogen-bond acceptors (Lipinski definition) is 0. The first-order valence-electron chi connectivity index (χ1n) is 19.8. The van der Waals surface area contributed by atoms with Gasteiger partial charge in [-0.3, -0.25) is 0 Å². The molecule has 0 saturated carbocycles. The second-order valence-electron chi connectivity index (χ2n) is 15.2. The van der Waals surface area contributed by atoms with Gasteiger partial charge in [-0.05, 0) is 85.5 Å². The molecule has 0 radical (unpaired) electrons. The fourth-order valence-electron chi connectivity index (χ4n) is 10.1. The Morgan fingerprint density at radius 2 is 0.860 bits per heavy atom. The Kier molecular flexibility index (Phi) is 6.98. The molecule has 266 valence electrons. The minimum absolute atomic E-state index is 1.15. The molecule has 9 aromatic carbocycles. The minimum atomic E-state index is -2.69. The lowest BCUT2D eigenvalue weighted by molar-refractivity contribution is 1.17. The van der Waals surface area contributed by atoms with Crippen LogP contribution in [0.5, 0.6) is 0 Å². The molecule has 11 aromatic rings. The highest BCUT2D eigenvalue weighted by Gasteiger charge is 2.48. The van der Waals surface area contributed by atoms with Crippen LogP contribution in [0.25, 0.3) is 77.2 Å². The van der Waals surface area contributed by atoms with E-state index in [4.69, 9.17) is 0 Å². The zero-order valence-electron chi connectivity index (χ0n) is 31.2. The summed E-state index contributed by atoms with van der Waals surface area (Å²) in [5, 5.41) is 10.8. The fourth-order valence-corrected chi connectivity index (χ4v) is 15.3. The monoisotopic (exact) mass is 740 g/mol. The number of hydrogen-bond donors (Lipinski definition) is 0. The molecule has 0 atom stereocenters. The summed E-state index contributed by atoms with van der Waals surface area (Å²) in [4.78, 5) is 0. The van der Waals surface area contributed by atoms with Gasteiger partial charge in [-0.2, -0.15) is 0 Å². The Morgan fingerprint density at radius 1 is 0.316 bits per heavy atom. The first kappa shape index (κ1) is 32.1. The molecule has 0 N–H and O–H groups in total. The van der Waals surface area contributed by atoms with Crippen molar-refractivity contribution in [2.75, 3.05) is 0 Å². The van der Waals surface area contributed by atoms with Gasteiger partial charge in [0, 0.05) is 32.9 Å². The first-order chi connectivity index (χ1) is 28.3. The Morgan fingerprint density at radius 3 is 1.58 bits per heavy atom. The van der Waals surface area contributed by atoms with Crippen LogP contribution in [0.1, 0.15) is 0 Å². The highest BCUT2D eigenvalue weighted by molar-refractivity contribution is 7.22. The number of aromatic nitrogens is 2. The van der Waals surface area contributed by atoms with Crippen molar-refractivity contribution in [3.8, 4) is 33.6 Å². The van der Waals surface area contributed by atoms with E-state index >= 15 is 0 Å². The predicted octanol–water partition coefficient (Wildman–Crippen LogP) is 10.9. The van der Waals surface area contributed by atoms with Crippen LogP contribution in [0.2, 0.25) is 0 Å². The molecule has 0 saturated heterocycles. The summed E-state index contributed by atoms with van der Waals surface area (Å²) in [5.41, 5.74) is 12.3. The lowest BCUT2D eigenvalue weighted by Gasteiger charge is -2.31. The summed E-state index contributed by atoms with van der Waals surface area (Å²) in [6.45, 7) is 0. The Balaban J connectivity index is 1.17. The van der Waals surface area contributed by atoms with E-state index in [0.29, 0.717) is 0 Å². The average molecular weight is 741 g/mol. The fraction of sp³-hybridized carbons (Fsp3) is 0. The van der Waals surface area contributed by atoms with Gasteiger partial charge in [-0.25, -0.2) is 0 Å². The van der Waals surface area contributed by atoms with E-state index in [2.05, 4.69) is 228 Å². The third-order valence-electron chi connectivity index (χ3n) is 12.4. The van der Waals surface area contributed by atoms with Gasteiger partial charge in [0.15, 0.2) is 8.07 Å². The predicted molar refractivity (Wildman–Crippen MR) is 243 cm³/mol. The smallest absolute Gasteiger partial charge is 0.180 e. The van der Waals surface area contributed by atoms with Crippen molar-refractivity contribution in [1.29, 1.82) is 0 Å². The molecule has 0 bridgehead atoms. The van der Waals surface area contributed by atoms with E-state index in [-0.39, 0.29) is 0 Å². The van der Waals surface area contributed by atoms with Gasteiger partial charge in [-0.1, -0.05) is 176 Å². The lowest BCUT2D eigenvalue weighted by Crippen LogP contribution is -2.72. The average Bonchev–Trinajstić information content (AvgIpc) is 3.91. The van der Waals surface area contributed by atoms with Gasteiger partial charge in [-0.15, -0.1) is 0 Å². The standard InChI is InChI=1S/C54H36N2Si/c1-4-16-37(17-5-1)38-28-30-39(31-29-38)55-49-26-14-11-24-47(49)53-50(55)35-34-46-43-22-10-13-25-48(43)56(54(46)53)40-32-33-45-44-23-12-15-27-51(44)57(52(45)36-40,41-18-6-2-7-19-41)42-20-8-3-9-21-42/h1-36H. The summed E-state index contributed by atoms with van der Waals surface area (Å²) in [7, 11) is -2.69. The second-order valence-corrected chi connectivity index (χ2v) is 19.0. The van der Waals surface area contributed by atoms with E-state index in [9.17, 15) is 0 Å². The van der Waals surface area contributed by atoms with Crippen LogP contribution in [0.4, 0.5) is 0 Å². The summed E-state index contributed by atoms with van der Waals surface area (Å²) in [6, 6.07) is 81.3. The maximum Gasteiger partial charge on any atom is 0.180 e. The van der Waals surface area contributed by atoms with Gasteiger partial charge in [0.05, 0.1) is 22.1 Å². The molecule has 0 fully saturated rings. The van der Waals surface area contributed by atoms with E-state index in [1.54, 1.807) is 0 Å². The Hall–Kier alpha value is -7.20. The van der Waals surface area contributed by atoms with Crippen LogP contribution in [-0.4, -0.2) is 17.2 Å². The van der Waals surface area contributed by atoms with Gasteiger partial charge in [0.1, 0.15) is 0 Å². The number of rotatable bonds is 5. The highest BCUT2D eigenvalue weighted by atomic mass is 28.3. The molecular formula is C54H36N2Si. The van der Waals surface area contributed by atoms with E-state index in [1.807, 2.05) is 0 Å². The van der Waals surface area contributed by atoms with Crippen LogP contribution in [0.3, 0.4) is 0 Å². The molecule has 12 rings (SSSR count). The van der Waals surface area contributed by atoms with E-state index in [0.717, 1.165) is 5.69 Å². The Labute approximate surface area is 332 Å². The summed E-state index contributed by atoms with van der Waals surface area (Å²) in [5.74, 6) is 0. The van der Waals surface area contributed by atoms with Crippen LogP contribution in [0.15, 0.2) is 218 Å². The highest BCUT2D eigenvalue weighted by Crippen LogP contribution is 2.42. The molecule has 2 nitrogen and oxygen atoms in total. The van der Waals surface area contributed by atoms with Crippen molar-refractivity contribution in [2.24, 2.45) is 0 Å². The zero-order chi connectivity index (χ0) is 37.5. The molecule has 2 aromatic heterocycles. The van der Waals surface area contributed by atoms with Gasteiger partial charge < -0.3 is 9.13 Å². The number of benzene rings is 9. The summed E-state index contributed by atoms with van der Waals surface area (Å²) >= 11 is 0. The van der Waals surface area contributed by atoms with Gasteiger partial charge in [0.25, 0.3) is 0 Å². The third kappa shape index (κ3) is 4.52. The molecule has 1 aliphatic heterocycles. The maximum absolute atomic E-state index is 2.69. The van der Waals surface area contributed by atoms with E-state index in [1.165, 1.54) is 92.3 Å². The van der Waals surface area contributed by atoms with Crippen molar-refractivity contribution >= 4 is 72.4 Å². The minimum Gasteiger partial charge on any atom is -0.309 e. The Bertz CT molecular complexity index is 3280. The van der Waals surface area contributed by atoms with E-state index < -0.39 is 8.07 Å². The maximum atomic E-state index is 2.56. The molecule has 0 spiro atoms. The first-order valence-corrected chi connectivity index (χ1v) is 21.8. The van der Waals surface area contributed by atoms with Crippen molar-refractivity contribution in [1.82, 2.24) is 9.13 Å². The number of fused-ring (bicyclic) bond motifs is 10. The SMILES string of the molecule is c1ccc(-c2ccc(-n3c4ccccc4c4c3ccc3c5ccccc5n(-c5ccc6c(c5)[Si](c5ccccc5)(c5ccccc5)c5ccccc5-6)c34)cc2)cc1. The molecule has 57 heavy (non-hydrogen) atoms. The van der Waals surface area contributed by atoms with Crippen molar-refractivity contribution in [3.63, 3.8) is 0 Å². The number of para-hydroxylation sites is 2. The van der Waals surface area contributed by atoms with Crippen LogP contribution < -0.4 is 20.7 Å².